The number of aromatic nitrogens is 1. The molecule has 1 unspecified atom stereocenters. The summed E-state index contributed by atoms with van der Waals surface area (Å²) in [6.07, 6.45) is -3.71. The topological polar surface area (TPSA) is 48.1 Å². The van der Waals surface area contributed by atoms with Gasteiger partial charge in [0.15, 0.2) is 0 Å². The van der Waals surface area contributed by atoms with Gasteiger partial charge in [-0.15, -0.1) is 0 Å². The highest BCUT2D eigenvalue weighted by Crippen LogP contribution is 2.50. The van der Waals surface area contributed by atoms with Gasteiger partial charge in [-0.1, -0.05) is 32.0 Å². The first-order chi connectivity index (χ1) is 14.5. The van der Waals surface area contributed by atoms with E-state index in [-0.39, 0.29) is 12.8 Å². The minimum absolute atomic E-state index is 0.308. The summed E-state index contributed by atoms with van der Waals surface area (Å²) in [4.78, 5) is 4.24. The molecular weight excluding hydrogens is 408 g/mol. The zero-order chi connectivity index (χ0) is 22.9. The van der Waals surface area contributed by atoms with Crippen LogP contribution in [0.2, 0.25) is 0 Å². The van der Waals surface area contributed by atoms with Gasteiger partial charge in [-0.3, -0.25) is 4.98 Å². The van der Waals surface area contributed by atoms with E-state index in [9.17, 15) is 17.6 Å². The van der Waals surface area contributed by atoms with E-state index in [1.165, 1.54) is 31.5 Å². The minimum Gasteiger partial charge on any atom is -0.496 e. The molecule has 0 spiro atoms. The second-order valence-corrected chi connectivity index (χ2v) is 8.55. The molecule has 0 amide bonds. The SMILES string of the molecule is COc1ccc(F)cc1C(C)(C)CC(CN)(Cc1ccnc2ccccc12)C(F)(F)F. The number of fused-ring (bicyclic) bond motifs is 1. The molecule has 2 aromatic carbocycles. The van der Waals surface area contributed by atoms with E-state index in [0.717, 1.165) is 0 Å². The van der Waals surface area contributed by atoms with Crippen molar-refractivity contribution in [2.75, 3.05) is 13.7 Å². The van der Waals surface area contributed by atoms with Crippen molar-refractivity contribution in [2.45, 2.75) is 38.3 Å². The molecule has 0 radical (unpaired) electrons. The Morgan fingerprint density at radius 1 is 1.03 bits per heavy atom. The average molecular weight is 434 g/mol. The lowest BCUT2D eigenvalue weighted by Crippen LogP contribution is -2.49. The Morgan fingerprint density at radius 2 is 1.74 bits per heavy atom. The van der Waals surface area contributed by atoms with E-state index in [0.29, 0.717) is 27.8 Å². The largest absolute Gasteiger partial charge is 0.496 e. The number of pyridine rings is 1. The lowest BCUT2D eigenvalue weighted by Gasteiger charge is -2.41. The van der Waals surface area contributed by atoms with Crippen molar-refractivity contribution in [3.05, 3.63) is 71.7 Å². The molecule has 166 valence electrons. The molecule has 1 atom stereocenters. The number of hydrogen-bond donors (Lipinski definition) is 1. The lowest BCUT2D eigenvalue weighted by atomic mass is 9.66. The van der Waals surface area contributed by atoms with E-state index in [1.54, 1.807) is 44.2 Å². The first-order valence-electron chi connectivity index (χ1n) is 9.96. The number of halogens is 4. The van der Waals surface area contributed by atoms with Crippen LogP contribution >= 0.6 is 0 Å². The maximum Gasteiger partial charge on any atom is 0.396 e. The van der Waals surface area contributed by atoms with Crippen LogP contribution in [0.15, 0.2) is 54.7 Å². The Labute approximate surface area is 179 Å². The van der Waals surface area contributed by atoms with Crippen molar-refractivity contribution in [3.8, 4) is 5.75 Å². The Bertz CT molecular complexity index is 1060. The molecule has 0 aliphatic carbocycles. The molecular formula is C24H26F4N2O. The second kappa shape index (κ2) is 8.46. The van der Waals surface area contributed by atoms with Crippen molar-refractivity contribution < 1.29 is 22.3 Å². The predicted octanol–water partition coefficient (Wildman–Crippen LogP) is 5.80. The van der Waals surface area contributed by atoms with Crippen LogP contribution < -0.4 is 10.5 Å². The molecule has 31 heavy (non-hydrogen) atoms. The Balaban J connectivity index is 2.10. The van der Waals surface area contributed by atoms with Crippen LogP contribution in [0.4, 0.5) is 17.6 Å². The maximum atomic E-state index is 14.6. The number of hydrogen-bond acceptors (Lipinski definition) is 3. The van der Waals surface area contributed by atoms with Gasteiger partial charge in [0.25, 0.3) is 0 Å². The Morgan fingerprint density at radius 3 is 2.39 bits per heavy atom. The number of alkyl halides is 3. The highest BCUT2D eigenvalue weighted by atomic mass is 19.4. The highest BCUT2D eigenvalue weighted by molar-refractivity contribution is 5.81. The predicted molar refractivity (Wildman–Crippen MR) is 114 cm³/mol. The third-order valence-electron chi connectivity index (χ3n) is 5.93. The zero-order valence-corrected chi connectivity index (χ0v) is 17.8. The van der Waals surface area contributed by atoms with E-state index >= 15 is 0 Å². The highest BCUT2D eigenvalue weighted by Gasteiger charge is 2.56. The fraction of sp³-hybridized carbons (Fsp3) is 0.375. The van der Waals surface area contributed by atoms with Crippen molar-refractivity contribution >= 4 is 10.9 Å². The van der Waals surface area contributed by atoms with Gasteiger partial charge in [-0.05, 0) is 54.2 Å². The number of nitrogens with two attached hydrogens (primary N) is 1. The monoisotopic (exact) mass is 434 g/mol. The Kier molecular flexibility index (Phi) is 6.28. The lowest BCUT2D eigenvalue weighted by molar-refractivity contribution is -0.227. The summed E-state index contributed by atoms with van der Waals surface area (Å²) in [5, 5.41) is 0.660. The van der Waals surface area contributed by atoms with E-state index < -0.39 is 29.4 Å². The van der Waals surface area contributed by atoms with Gasteiger partial charge in [0.1, 0.15) is 11.6 Å². The summed E-state index contributed by atoms with van der Waals surface area (Å²) < 4.78 is 63.0. The van der Waals surface area contributed by atoms with E-state index in [1.807, 2.05) is 0 Å². The molecule has 3 rings (SSSR count). The number of benzene rings is 2. The van der Waals surface area contributed by atoms with Gasteiger partial charge in [0.2, 0.25) is 0 Å². The normalized spacial score (nSPS) is 14.5. The zero-order valence-electron chi connectivity index (χ0n) is 17.8. The summed E-state index contributed by atoms with van der Waals surface area (Å²) >= 11 is 0. The van der Waals surface area contributed by atoms with Gasteiger partial charge in [-0.2, -0.15) is 13.2 Å². The molecule has 3 nitrogen and oxygen atoms in total. The number of ether oxygens (including phenoxy) is 1. The van der Waals surface area contributed by atoms with Crippen LogP contribution in [0.3, 0.4) is 0 Å². The van der Waals surface area contributed by atoms with Crippen LogP contribution in [0.1, 0.15) is 31.4 Å². The summed E-state index contributed by atoms with van der Waals surface area (Å²) in [7, 11) is 1.41. The standard InChI is InChI=1S/C24H26F4N2O/c1-22(2,19-12-17(25)8-9-21(19)31-3)14-23(15-29,24(26,27)28)13-16-10-11-30-20-7-5-4-6-18(16)20/h4-12H,13-15,29H2,1-3H3. The van der Waals surface area contributed by atoms with Gasteiger partial charge < -0.3 is 10.5 Å². The third kappa shape index (κ3) is 4.51. The van der Waals surface area contributed by atoms with E-state index in [2.05, 4.69) is 4.98 Å². The molecule has 0 aliphatic rings. The number of para-hydroxylation sites is 1. The fourth-order valence-electron chi connectivity index (χ4n) is 4.35. The van der Waals surface area contributed by atoms with Gasteiger partial charge in [0, 0.05) is 23.7 Å². The summed E-state index contributed by atoms with van der Waals surface area (Å²) in [5.74, 6) is -0.191. The molecule has 7 heteroatoms. The second-order valence-electron chi connectivity index (χ2n) is 8.55. The van der Waals surface area contributed by atoms with Gasteiger partial charge >= 0.3 is 6.18 Å². The summed E-state index contributed by atoms with van der Waals surface area (Å²) in [5.41, 5.74) is 4.06. The first kappa shape index (κ1) is 23.0. The number of nitrogens with zero attached hydrogens (tertiary/aromatic N) is 1. The molecule has 0 bridgehead atoms. The molecule has 0 saturated heterocycles. The van der Waals surface area contributed by atoms with Crippen LogP contribution in [0.5, 0.6) is 5.75 Å². The fourth-order valence-corrected chi connectivity index (χ4v) is 4.35. The van der Waals surface area contributed by atoms with E-state index in [4.69, 9.17) is 10.5 Å². The smallest absolute Gasteiger partial charge is 0.396 e. The van der Waals surface area contributed by atoms with Crippen molar-refractivity contribution in [2.24, 2.45) is 11.1 Å². The van der Waals surface area contributed by atoms with Gasteiger partial charge in [0.05, 0.1) is 18.0 Å². The molecule has 1 heterocycles. The molecule has 0 fully saturated rings. The molecule has 2 N–H and O–H groups in total. The molecule has 3 aromatic rings. The molecule has 1 aromatic heterocycles. The van der Waals surface area contributed by atoms with Crippen LogP contribution in [0, 0.1) is 11.2 Å². The maximum absolute atomic E-state index is 14.6. The quantitative estimate of drug-likeness (QED) is 0.478. The van der Waals surface area contributed by atoms with Crippen molar-refractivity contribution in [1.82, 2.24) is 4.98 Å². The van der Waals surface area contributed by atoms with Crippen LogP contribution in [-0.4, -0.2) is 24.8 Å². The average Bonchev–Trinajstić information content (AvgIpc) is 2.72. The first-order valence-corrected chi connectivity index (χ1v) is 9.96. The summed E-state index contributed by atoms with van der Waals surface area (Å²) in [6.45, 7) is 2.71. The number of rotatable bonds is 7. The third-order valence-corrected chi connectivity index (χ3v) is 5.93. The van der Waals surface area contributed by atoms with Gasteiger partial charge in [-0.25, -0.2) is 4.39 Å². The van der Waals surface area contributed by atoms with Crippen molar-refractivity contribution in [1.29, 1.82) is 0 Å². The molecule has 0 saturated carbocycles. The van der Waals surface area contributed by atoms with Crippen LogP contribution in [-0.2, 0) is 11.8 Å². The van der Waals surface area contributed by atoms with Crippen LogP contribution in [0.25, 0.3) is 10.9 Å². The van der Waals surface area contributed by atoms with Crippen molar-refractivity contribution in [3.63, 3.8) is 0 Å². The number of methoxy groups -OCH3 is 1. The molecule has 0 aliphatic heterocycles. The minimum atomic E-state index is -4.58. The Hall–Kier alpha value is -2.67. The summed E-state index contributed by atoms with van der Waals surface area (Å²) in [6, 6.07) is 12.6.